The summed E-state index contributed by atoms with van der Waals surface area (Å²) in [4.78, 5) is 6.89. The molecule has 0 saturated carbocycles. The molecule has 1 aromatic heterocycles. The maximum Gasteiger partial charge on any atom is 0.123 e. The maximum absolute atomic E-state index is 9.31. The number of benzene rings is 1. The molecule has 1 aliphatic heterocycles. The molecule has 0 spiro atoms. The van der Waals surface area contributed by atoms with Crippen LogP contribution in [0.5, 0.6) is 5.75 Å². The highest BCUT2D eigenvalue weighted by atomic mass is 16.3. The fraction of sp³-hybridized carbons (Fsp3) is 0.357. The lowest BCUT2D eigenvalue weighted by molar-refractivity contribution is 0.166. The lowest BCUT2D eigenvalue weighted by Crippen LogP contribution is -2.37. The summed E-state index contributed by atoms with van der Waals surface area (Å²) in [7, 11) is 2.05. The summed E-state index contributed by atoms with van der Waals surface area (Å²) >= 11 is 0. The monoisotopic (exact) mass is 243 g/mol. The molecule has 0 amide bonds. The maximum atomic E-state index is 9.31. The standard InChI is InChI=1S/C14H17N3O/c1-16-13(11-3-5-12(18)6-4-11)9-15-14(16)10-17-7-2-8-17/h3-6,9,18H,2,7-8,10H2,1H3. The third-order valence-corrected chi connectivity index (χ3v) is 3.56. The molecule has 4 heteroatoms. The van der Waals surface area contributed by atoms with Crippen molar-refractivity contribution >= 4 is 0 Å². The topological polar surface area (TPSA) is 41.3 Å². The number of rotatable bonds is 3. The van der Waals surface area contributed by atoms with E-state index in [-0.39, 0.29) is 0 Å². The number of hydrogen-bond acceptors (Lipinski definition) is 3. The van der Waals surface area contributed by atoms with Gasteiger partial charge < -0.3 is 9.67 Å². The van der Waals surface area contributed by atoms with Crippen LogP contribution in [-0.2, 0) is 13.6 Å². The van der Waals surface area contributed by atoms with Gasteiger partial charge >= 0.3 is 0 Å². The number of aromatic nitrogens is 2. The number of hydrogen-bond donors (Lipinski definition) is 1. The Balaban J connectivity index is 1.86. The number of aromatic hydroxyl groups is 1. The first-order valence-electron chi connectivity index (χ1n) is 6.26. The zero-order chi connectivity index (χ0) is 12.5. The number of phenolic OH excluding ortho intramolecular Hbond substituents is 1. The zero-order valence-electron chi connectivity index (χ0n) is 10.5. The highest BCUT2D eigenvalue weighted by molar-refractivity contribution is 5.60. The van der Waals surface area contributed by atoms with Crippen molar-refractivity contribution in [3.05, 3.63) is 36.3 Å². The van der Waals surface area contributed by atoms with Gasteiger partial charge in [-0.25, -0.2) is 4.98 Å². The van der Waals surface area contributed by atoms with Crippen LogP contribution in [0.3, 0.4) is 0 Å². The molecule has 94 valence electrons. The first-order valence-corrected chi connectivity index (χ1v) is 6.26. The third-order valence-electron chi connectivity index (χ3n) is 3.56. The molecular formula is C14H17N3O. The highest BCUT2D eigenvalue weighted by Crippen LogP contribution is 2.23. The highest BCUT2D eigenvalue weighted by Gasteiger charge is 2.17. The first kappa shape index (κ1) is 11.3. The lowest BCUT2D eigenvalue weighted by Gasteiger charge is -2.30. The van der Waals surface area contributed by atoms with Crippen molar-refractivity contribution in [1.82, 2.24) is 14.5 Å². The molecule has 0 aliphatic carbocycles. The van der Waals surface area contributed by atoms with E-state index >= 15 is 0 Å². The van der Waals surface area contributed by atoms with E-state index in [2.05, 4.69) is 14.5 Å². The van der Waals surface area contributed by atoms with Crippen molar-refractivity contribution in [2.24, 2.45) is 7.05 Å². The number of imidazole rings is 1. The number of likely N-dealkylation sites (tertiary alicyclic amines) is 1. The molecule has 0 radical (unpaired) electrons. The van der Waals surface area contributed by atoms with Gasteiger partial charge in [0.25, 0.3) is 0 Å². The van der Waals surface area contributed by atoms with Gasteiger partial charge in [0.15, 0.2) is 0 Å². The SMILES string of the molecule is Cn1c(-c2ccc(O)cc2)cnc1CN1CCC1. The van der Waals surface area contributed by atoms with Gasteiger partial charge in [-0.1, -0.05) is 0 Å². The smallest absolute Gasteiger partial charge is 0.123 e. The van der Waals surface area contributed by atoms with Crippen molar-refractivity contribution in [1.29, 1.82) is 0 Å². The Morgan fingerprint density at radius 1 is 1.22 bits per heavy atom. The average Bonchev–Trinajstić information content (AvgIpc) is 2.67. The van der Waals surface area contributed by atoms with Crippen molar-refractivity contribution in [2.75, 3.05) is 13.1 Å². The minimum atomic E-state index is 0.293. The van der Waals surface area contributed by atoms with E-state index < -0.39 is 0 Å². The van der Waals surface area contributed by atoms with Crippen molar-refractivity contribution in [3.63, 3.8) is 0 Å². The summed E-state index contributed by atoms with van der Waals surface area (Å²) in [5.41, 5.74) is 2.17. The second-order valence-corrected chi connectivity index (χ2v) is 4.80. The molecule has 1 N–H and O–H groups in total. The molecule has 3 rings (SSSR count). The van der Waals surface area contributed by atoms with Gasteiger partial charge in [0.2, 0.25) is 0 Å². The van der Waals surface area contributed by atoms with Crippen molar-refractivity contribution in [3.8, 4) is 17.0 Å². The lowest BCUT2D eigenvalue weighted by atomic mass is 10.1. The quantitative estimate of drug-likeness (QED) is 0.896. The molecule has 0 bridgehead atoms. The normalized spacial score (nSPS) is 15.6. The molecule has 2 aromatic rings. The first-order chi connectivity index (χ1) is 8.74. The molecule has 2 heterocycles. The Morgan fingerprint density at radius 3 is 2.56 bits per heavy atom. The summed E-state index contributed by atoms with van der Waals surface area (Å²) < 4.78 is 2.13. The third kappa shape index (κ3) is 1.99. The van der Waals surface area contributed by atoms with Gasteiger partial charge in [0, 0.05) is 12.6 Å². The second-order valence-electron chi connectivity index (χ2n) is 4.80. The largest absolute Gasteiger partial charge is 0.508 e. The predicted octanol–water partition coefficient (Wildman–Crippen LogP) is 2.00. The summed E-state index contributed by atoms with van der Waals surface area (Å²) in [6, 6.07) is 7.24. The van der Waals surface area contributed by atoms with E-state index in [4.69, 9.17) is 0 Å². The Hall–Kier alpha value is -1.81. The van der Waals surface area contributed by atoms with Crippen LogP contribution in [0.1, 0.15) is 12.2 Å². The van der Waals surface area contributed by atoms with E-state index in [0.29, 0.717) is 5.75 Å². The Bertz CT molecular complexity index is 541. The van der Waals surface area contributed by atoms with E-state index in [1.807, 2.05) is 25.4 Å². The van der Waals surface area contributed by atoms with Crippen LogP contribution in [-0.4, -0.2) is 32.6 Å². The van der Waals surface area contributed by atoms with Gasteiger partial charge in [-0.3, -0.25) is 4.90 Å². The Kier molecular flexibility index (Phi) is 2.80. The molecule has 1 saturated heterocycles. The summed E-state index contributed by atoms with van der Waals surface area (Å²) in [6.45, 7) is 3.29. The molecule has 0 atom stereocenters. The molecule has 0 unspecified atom stereocenters. The van der Waals surface area contributed by atoms with Crippen LogP contribution < -0.4 is 0 Å². The fourth-order valence-electron chi connectivity index (χ4n) is 2.23. The minimum Gasteiger partial charge on any atom is -0.508 e. The Morgan fingerprint density at radius 2 is 1.94 bits per heavy atom. The molecule has 1 aromatic carbocycles. The average molecular weight is 243 g/mol. The molecular weight excluding hydrogens is 226 g/mol. The van der Waals surface area contributed by atoms with E-state index in [9.17, 15) is 5.11 Å². The van der Waals surface area contributed by atoms with Crippen LogP contribution in [0.4, 0.5) is 0 Å². The van der Waals surface area contributed by atoms with Crippen LogP contribution in [0.2, 0.25) is 0 Å². The van der Waals surface area contributed by atoms with Gasteiger partial charge in [0.05, 0.1) is 18.4 Å². The van der Waals surface area contributed by atoms with Gasteiger partial charge in [0.1, 0.15) is 11.6 Å². The summed E-state index contributed by atoms with van der Waals surface area (Å²) in [5.74, 6) is 1.39. The van der Waals surface area contributed by atoms with Crippen LogP contribution in [0.25, 0.3) is 11.3 Å². The van der Waals surface area contributed by atoms with Gasteiger partial charge in [-0.2, -0.15) is 0 Å². The van der Waals surface area contributed by atoms with Gasteiger partial charge in [-0.05, 0) is 43.8 Å². The van der Waals surface area contributed by atoms with E-state index in [1.165, 1.54) is 19.5 Å². The van der Waals surface area contributed by atoms with E-state index in [1.54, 1.807) is 12.1 Å². The van der Waals surface area contributed by atoms with Crippen LogP contribution in [0, 0.1) is 0 Å². The molecule has 18 heavy (non-hydrogen) atoms. The molecule has 1 aliphatic rings. The summed E-state index contributed by atoms with van der Waals surface area (Å²) in [5, 5.41) is 9.31. The number of phenols is 1. The van der Waals surface area contributed by atoms with Crippen LogP contribution >= 0.6 is 0 Å². The minimum absolute atomic E-state index is 0.293. The van der Waals surface area contributed by atoms with Crippen molar-refractivity contribution in [2.45, 2.75) is 13.0 Å². The fourth-order valence-corrected chi connectivity index (χ4v) is 2.23. The summed E-state index contributed by atoms with van der Waals surface area (Å²) in [6.07, 6.45) is 3.21. The predicted molar refractivity (Wildman–Crippen MR) is 70.2 cm³/mol. The molecule has 1 fully saturated rings. The number of nitrogens with zero attached hydrogens (tertiary/aromatic N) is 3. The Labute approximate surface area is 107 Å². The van der Waals surface area contributed by atoms with E-state index in [0.717, 1.165) is 23.6 Å². The van der Waals surface area contributed by atoms with Crippen LogP contribution in [0.15, 0.2) is 30.5 Å². The van der Waals surface area contributed by atoms with Gasteiger partial charge in [-0.15, -0.1) is 0 Å². The van der Waals surface area contributed by atoms with Crippen molar-refractivity contribution < 1.29 is 5.11 Å². The molecule has 4 nitrogen and oxygen atoms in total. The zero-order valence-corrected chi connectivity index (χ0v) is 10.5. The second kappa shape index (κ2) is 4.46.